The molecule has 0 saturated heterocycles. The lowest BCUT2D eigenvalue weighted by Gasteiger charge is -2.31. The summed E-state index contributed by atoms with van der Waals surface area (Å²) in [6, 6.07) is 7.81. The van der Waals surface area contributed by atoms with Crippen molar-refractivity contribution in [1.29, 1.82) is 0 Å². The molecule has 0 radical (unpaired) electrons. The van der Waals surface area contributed by atoms with E-state index in [0.717, 1.165) is 25.8 Å². The van der Waals surface area contributed by atoms with Gasteiger partial charge in [0.25, 0.3) is 5.91 Å². The minimum atomic E-state index is -0.614. The van der Waals surface area contributed by atoms with Gasteiger partial charge in [0.15, 0.2) is 0 Å². The van der Waals surface area contributed by atoms with E-state index < -0.39 is 5.91 Å². The predicted octanol–water partition coefficient (Wildman–Crippen LogP) is 3.66. The number of nitrogens with zero attached hydrogens (tertiary/aromatic N) is 4. The summed E-state index contributed by atoms with van der Waals surface area (Å²) in [6.45, 7) is 3.35. The molecule has 2 aliphatic rings. The van der Waals surface area contributed by atoms with Gasteiger partial charge in [0, 0.05) is 25.2 Å². The first-order valence-electron chi connectivity index (χ1n) is 10.8. The van der Waals surface area contributed by atoms with Gasteiger partial charge in [-0.2, -0.15) is 9.89 Å². The van der Waals surface area contributed by atoms with E-state index in [1.165, 1.54) is 41.2 Å². The fraction of sp³-hybridized carbons (Fsp3) is 0.435. The number of allylic oxidation sites excluding steroid dienone is 2. The molecule has 0 spiro atoms. The van der Waals surface area contributed by atoms with E-state index in [-0.39, 0.29) is 18.3 Å². The smallest absolute Gasteiger partial charge is 0.267 e. The SMILES string of the molecule is C[C@@H](CN=O)Nc1cc(C(N)=O)nc(N2CCc3c(cccc3C3=CCCCC3)C2)n1. The summed E-state index contributed by atoms with van der Waals surface area (Å²) in [7, 11) is 0. The molecule has 8 nitrogen and oxygen atoms in total. The summed E-state index contributed by atoms with van der Waals surface area (Å²) in [5, 5.41) is 6.01. The van der Waals surface area contributed by atoms with Crippen molar-refractivity contribution in [3.63, 3.8) is 0 Å². The maximum Gasteiger partial charge on any atom is 0.267 e. The number of hydrogen-bond acceptors (Lipinski definition) is 7. The maximum atomic E-state index is 11.8. The lowest BCUT2D eigenvalue weighted by atomic mass is 9.86. The second kappa shape index (κ2) is 9.24. The second-order valence-electron chi connectivity index (χ2n) is 8.25. The van der Waals surface area contributed by atoms with E-state index in [1.807, 2.05) is 6.92 Å². The Balaban J connectivity index is 1.62. The third-order valence-electron chi connectivity index (χ3n) is 5.90. The molecule has 0 bridgehead atoms. The van der Waals surface area contributed by atoms with Crippen LogP contribution < -0.4 is 16.0 Å². The highest BCUT2D eigenvalue weighted by atomic mass is 16.3. The standard InChI is InChI=1S/C23H28N6O2/c1-15(13-25-31)26-21-12-20(22(24)30)27-23(28-21)29-11-10-19-17(14-29)8-5-9-18(19)16-6-3-2-4-7-16/h5-6,8-9,12,15H,2-4,7,10-11,13-14H2,1H3,(H2,24,30)(H,26,27,28)/t15-/m0/s1. The van der Waals surface area contributed by atoms with Gasteiger partial charge in [-0.1, -0.05) is 29.5 Å². The molecule has 1 aliphatic heterocycles. The highest BCUT2D eigenvalue weighted by Gasteiger charge is 2.23. The Morgan fingerprint density at radius 1 is 1.29 bits per heavy atom. The zero-order valence-electron chi connectivity index (χ0n) is 17.8. The van der Waals surface area contributed by atoms with Crippen molar-refractivity contribution >= 4 is 23.2 Å². The van der Waals surface area contributed by atoms with Crippen LogP contribution in [0.15, 0.2) is 35.5 Å². The monoisotopic (exact) mass is 420 g/mol. The Morgan fingerprint density at radius 3 is 2.90 bits per heavy atom. The Kier molecular flexibility index (Phi) is 6.25. The minimum absolute atomic E-state index is 0.0982. The van der Waals surface area contributed by atoms with E-state index in [4.69, 9.17) is 5.73 Å². The molecule has 1 aliphatic carbocycles. The summed E-state index contributed by atoms with van der Waals surface area (Å²) >= 11 is 0. The lowest BCUT2D eigenvalue weighted by molar-refractivity contribution is 0.0995. The van der Waals surface area contributed by atoms with E-state index in [0.29, 0.717) is 18.3 Å². The fourth-order valence-electron chi connectivity index (χ4n) is 4.35. The molecule has 0 fully saturated rings. The molecule has 8 heteroatoms. The van der Waals surface area contributed by atoms with E-state index in [1.54, 1.807) is 0 Å². The van der Waals surface area contributed by atoms with Crippen LogP contribution in [0.3, 0.4) is 0 Å². The quantitative estimate of drug-likeness (QED) is 0.661. The van der Waals surface area contributed by atoms with Crippen LogP contribution in [0.4, 0.5) is 11.8 Å². The number of rotatable bonds is 7. The maximum absolute atomic E-state index is 11.8. The third-order valence-corrected chi connectivity index (χ3v) is 5.90. The van der Waals surface area contributed by atoms with Gasteiger partial charge in [-0.3, -0.25) is 4.79 Å². The van der Waals surface area contributed by atoms with Crippen LogP contribution in [-0.4, -0.2) is 35.0 Å². The average Bonchev–Trinajstić information content (AvgIpc) is 2.78. The van der Waals surface area contributed by atoms with Crippen LogP contribution >= 0.6 is 0 Å². The van der Waals surface area contributed by atoms with Gasteiger partial charge in [-0.25, -0.2) is 4.98 Å². The van der Waals surface area contributed by atoms with Crippen molar-refractivity contribution in [3.8, 4) is 0 Å². The number of hydrogen-bond donors (Lipinski definition) is 2. The van der Waals surface area contributed by atoms with Gasteiger partial charge in [-0.15, -0.1) is 0 Å². The first-order chi connectivity index (χ1) is 15.0. The van der Waals surface area contributed by atoms with Gasteiger partial charge in [-0.05, 0) is 61.3 Å². The third kappa shape index (κ3) is 4.73. The predicted molar refractivity (Wildman–Crippen MR) is 122 cm³/mol. The molecular weight excluding hydrogens is 392 g/mol. The molecule has 2 heterocycles. The highest BCUT2D eigenvalue weighted by molar-refractivity contribution is 5.91. The van der Waals surface area contributed by atoms with Gasteiger partial charge < -0.3 is 16.0 Å². The van der Waals surface area contributed by atoms with Gasteiger partial charge in [0.2, 0.25) is 5.95 Å². The molecule has 0 unspecified atom stereocenters. The largest absolute Gasteiger partial charge is 0.365 e. The van der Waals surface area contributed by atoms with Crippen molar-refractivity contribution in [2.75, 3.05) is 23.3 Å². The number of benzene rings is 1. The van der Waals surface area contributed by atoms with Crippen LogP contribution in [0.2, 0.25) is 0 Å². The number of nitroso groups, excluding NO2 is 1. The molecule has 1 atom stereocenters. The molecular formula is C23H28N6O2. The molecule has 4 rings (SSSR count). The first-order valence-corrected chi connectivity index (χ1v) is 10.8. The van der Waals surface area contributed by atoms with Crippen molar-refractivity contribution in [2.45, 2.75) is 51.6 Å². The van der Waals surface area contributed by atoms with Crippen LogP contribution in [-0.2, 0) is 13.0 Å². The van der Waals surface area contributed by atoms with E-state index >= 15 is 0 Å². The van der Waals surface area contributed by atoms with Gasteiger partial charge >= 0.3 is 0 Å². The van der Waals surface area contributed by atoms with Crippen molar-refractivity contribution in [1.82, 2.24) is 9.97 Å². The topological polar surface area (TPSA) is 114 Å². The zero-order valence-corrected chi connectivity index (χ0v) is 17.8. The lowest BCUT2D eigenvalue weighted by Crippen LogP contribution is -2.33. The van der Waals surface area contributed by atoms with Crippen LogP contribution in [0.25, 0.3) is 5.57 Å². The van der Waals surface area contributed by atoms with Crippen molar-refractivity contribution < 1.29 is 4.79 Å². The number of fused-ring (bicyclic) bond motifs is 1. The number of carbonyl (C=O) groups is 1. The number of carbonyl (C=O) groups excluding carboxylic acids is 1. The van der Waals surface area contributed by atoms with Crippen LogP contribution in [0, 0.1) is 4.91 Å². The number of primary amides is 1. The molecule has 31 heavy (non-hydrogen) atoms. The summed E-state index contributed by atoms with van der Waals surface area (Å²) in [6.07, 6.45) is 8.11. The first kappa shape index (κ1) is 21.0. The number of nitrogens with two attached hydrogens (primary N) is 1. The second-order valence-corrected chi connectivity index (χ2v) is 8.25. The normalized spacial score (nSPS) is 16.8. The molecule has 1 aromatic carbocycles. The van der Waals surface area contributed by atoms with E-state index in [2.05, 4.69) is 49.6 Å². The molecule has 1 aromatic heterocycles. The van der Waals surface area contributed by atoms with Crippen molar-refractivity contribution in [3.05, 3.63) is 57.6 Å². The fourth-order valence-corrected chi connectivity index (χ4v) is 4.35. The zero-order chi connectivity index (χ0) is 21.8. The molecule has 1 amide bonds. The Hall–Kier alpha value is -3.29. The number of nitrogens with one attached hydrogen (secondary N) is 1. The van der Waals surface area contributed by atoms with E-state index in [9.17, 15) is 9.70 Å². The van der Waals surface area contributed by atoms with Gasteiger partial charge in [0.05, 0.1) is 0 Å². The average molecular weight is 421 g/mol. The number of amides is 1. The molecule has 0 saturated carbocycles. The summed E-state index contributed by atoms with van der Waals surface area (Å²) < 4.78 is 0. The van der Waals surface area contributed by atoms with Crippen LogP contribution in [0.5, 0.6) is 0 Å². The molecule has 2 aromatic rings. The summed E-state index contributed by atoms with van der Waals surface area (Å²) in [5.74, 6) is 0.302. The number of anilines is 2. The Morgan fingerprint density at radius 2 is 2.16 bits per heavy atom. The molecule has 162 valence electrons. The summed E-state index contributed by atoms with van der Waals surface area (Å²) in [4.78, 5) is 33.4. The Bertz CT molecular complexity index is 1020. The Labute approximate surface area is 181 Å². The summed E-state index contributed by atoms with van der Waals surface area (Å²) in [5.41, 5.74) is 11.2. The number of aromatic nitrogens is 2. The highest BCUT2D eigenvalue weighted by Crippen LogP contribution is 2.33. The van der Waals surface area contributed by atoms with Crippen LogP contribution in [0.1, 0.15) is 59.8 Å². The molecule has 3 N–H and O–H groups in total. The van der Waals surface area contributed by atoms with Crippen molar-refractivity contribution in [2.24, 2.45) is 10.9 Å². The van der Waals surface area contributed by atoms with Gasteiger partial charge in [0.1, 0.15) is 18.1 Å². The minimum Gasteiger partial charge on any atom is -0.365 e.